The molecular weight excluding hydrogens is 314 g/mol. The molecular formula is C23H34F2. The number of unbranched alkanes of at least 4 members (excludes halogenated alkanes) is 7. The summed E-state index contributed by atoms with van der Waals surface area (Å²) in [7, 11) is 0. The summed E-state index contributed by atoms with van der Waals surface area (Å²) in [5.74, 6) is -0.442. The van der Waals surface area contributed by atoms with Crippen molar-refractivity contribution in [2.45, 2.75) is 84.2 Å². The van der Waals surface area contributed by atoms with Gasteiger partial charge in [0.1, 0.15) is 12.0 Å². The van der Waals surface area contributed by atoms with Crippen molar-refractivity contribution in [3.05, 3.63) is 47.9 Å². The van der Waals surface area contributed by atoms with Crippen molar-refractivity contribution >= 4 is 0 Å². The quantitative estimate of drug-likeness (QED) is 0.353. The molecule has 0 heterocycles. The summed E-state index contributed by atoms with van der Waals surface area (Å²) in [4.78, 5) is 0. The minimum atomic E-state index is -1.25. The molecule has 0 nitrogen and oxygen atoms in total. The molecule has 0 N–H and O–H groups in total. The van der Waals surface area contributed by atoms with E-state index in [4.69, 9.17) is 0 Å². The summed E-state index contributed by atoms with van der Waals surface area (Å²) >= 11 is 0. The van der Waals surface area contributed by atoms with Crippen LogP contribution < -0.4 is 0 Å². The summed E-state index contributed by atoms with van der Waals surface area (Å²) < 4.78 is 28.6. The lowest BCUT2D eigenvalue weighted by atomic mass is 9.67. The summed E-state index contributed by atoms with van der Waals surface area (Å²) in [6.07, 6.45) is 21.8. The number of rotatable bonds is 10. The maximum absolute atomic E-state index is 14.3. The van der Waals surface area contributed by atoms with Crippen molar-refractivity contribution in [1.29, 1.82) is 0 Å². The molecule has 3 atom stereocenters. The Bertz CT molecular complexity index is 526. The van der Waals surface area contributed by atoms with Crippen molar-refractivity contribution in [1.82, 2.24) is 0 Å². The molecule has 0 amide bonds. The Morgan fingerprint density at radius 2 is 1.72 bits per heavy atom. The van der Waals surface area contributed by atoms with E-state index in [2.05, 4.69) is 19.1 Å². The number of halogens is 2. The first kappa shape index (κ1) is 20.1. The Balaban J connectivity index is 1.70. The Kier molecular flexibility index (Phi) is 8.12. The van der Waals surface area contributed by atoms with Crippen molar-refractivity contribution in [3.8, 4) is 0 Å². The lowest BCUT2D eigenvalue weighted by Gasteiger charge is -2.38. The predicted molar refractivity (Wildman–Crippen MR) is 104 cm³/mol. The van der Waals surface area contributed by atoms with Crippen molar-refractivity contribution in [3.63, 3.8) is 0 Å². The second kappa shape index (κ2) is 10.1. The Morgan fingerprint density at radius 3 is 2.32 bits per heavy atom. The van der Waals surface area contributed by atoms with E-state index in [0.29, 0.717) is 0 Å². The SMILES string of the molecule is CCCCCCCCCCC1=CCC(C2(C)C(F)=CC=CC2F)C=C1. The van der Waals surface area contributed by atoms with E-state index >= 15 is 0 Å². The van der Waals surface area contributed by atoms with Crippen molar-refractivity contribution in [2.75, 3.05) is 0 Å². The fourth-order valence-corrected chi connectivity index (χ4v) is 3.89. The van der Waals surface area contributed by atoms with Crippen LogP contribution in [0.3, 0.4) is 0 Å². The zero-order valence-electron chi connectivity index (χ0n) is 15.9. The van der Waals surface area contributed by atoms with E-state index in [9.17, 15) is 8.78 Å². The summed E-state index contributed by atoms with van der Waals surface area (Å²) in [5.41, 5.74) is 0.281. The van der Waals surface area contributed by atoms with E-state index < -0.39 is 11.6 Å². The van der Waals surface area contributed by atoms with Crippen LogP contribution in [0.25, 0.3) is 0 Å². The van der Waals surface area contributed by atoms with Gasteiger partial charge in [0.2, 0.25) is 0 Å². The zero-order chi connectivity index (χ0) is 18.1. The van der Waals surface area contributed by atoms with Gasteiger partial charge in [-0.2, -0.15) is 0 Å². The summed E-state index contributed by atoms with van der Waals surface area (Å²) in [6.45, 7) is 3.96. The van der Waals surface area contributed by atoms with E-state index in [-0.39, 0.29) is 11.7 Å². The Morgan fingerprint density at radius 1 is 1.04 bits per heavy atom. The molecule has 0 saturated carbocycles. The molecule has 0 aromatic heterocycles. The predicted octanol–water partition coefficient (Wildman–Crippen LogP) is 7.79. The average Bonchev–Trinajstić information content (AvgIpc) is 2.62. The number of allylic oxidation sites excluding steroid dienone is 8. The van der Waals surface area contributed by atoms with Gasteiger partial charge in [0.25, 0.3) is 0 Å². The van der Waals surface area contributed by atoms with Crippen LogP contribution in [0.15, 0.2) is 47.9 Å². The molecule has 2 aliphatic carbocycles. The van der Waals surface area contributed by atoms with Crippen LogP contribution >= 0.6 is 0 Å². The van der Waals surface area contributed by atoms with Gasteiger partial charge < -0.3 is 0 Å². The first-order valence-electron chi connectivity index (χ1n) is 10.1. The van der Waals surface area contributed by atoms with Gasteiger partial charge in [0.15, 0.2) is 0 Å². The molecule has 0 aromatic rings. The molecule has 2 heteroatoms. The van der Waals surface area contributed by atoms with Gasteiger partial charge in [0.05, 0.1) is 5.41 Å². The van der Waals surface area contributed by atoms with Crippen LogP contribution in [0.5, 0.6) is 0 Å². The highest BCUT2D eigenvalue weighted by Crippen LogP contribution is 2.47. The molecule has 0 aliphatic heterocycles. The minimum Gasteiger partial charge on any atom is -0.242 e. The highest BCUT2D eigenvalue weighted by atomic mass is 19.1. The Labute approximate surface area is 152 Å². The van der Waals surface area contributed by atoms with Gasteiger partial charge in [-0.05, 0) is 44.3 Å². The molecule has 0 spiro atoms. The second-order valence-electron chi connectivity index (χ2n) is 7.79. The standard InChI is InChI=1S/C23H34F2/c1-3-4-5-6-7-8-9-10-12-19-15-17-20(18-16-19)23(2)21(24)13-11-14-22(23)25/h11,13-17,20-21H,3-10,12,18H2,1-2H3. The molecule has 0 fully saturated rings. The van der Waals surface area contributed by atoms with Gasteiger partial charge in [-0.1, -0.05) is 81.7 Å². The van der Waals surface area contributed by atoms with Crippen molar-refractivity contribution in [2.24, 2.45) is 11.3 Å². The number of hydrogen-bond donors (Lipinski definition) is 0. The number of alkyl halides is 1. The monoisotopic (exact) mass is 348 g/mol. The van der Waals surface area contributed by atoms with Crippen LogP contribution in [0.2, 0.25) is 0 Å². The largest absolute Gasteiger partial charge is 0.242 e. The summed E-state index contributed by atoms with van der Waals surface area (Å²) in [5, 5.41) is 0. The van der Waals surface area contributed by atoms with Gasteiger partial charge in [-0.15, -0.1) is 0 Å². The minimum absolute atomic E-state index is 0.106. The fourth-order valence-electron chi connectivity index (χ4n) is 3.89. The molecule has 0 bridgehead atoms. The van der Waals surface area contributed by atoms with Crippen LogP contribution in [0, 0.1) is 11.3 Å². The maximum Gasteiger partial charge on any atom is 0.131 e. The number of hydrogen-bond acceptors (Lipinski definition) is 0. The molecule has 3 unspecified atom stereocenters. The third-order valence-electron chi connectivity index (χ3n) is 5.88. The van der Waals surface area contributed by atoms with Gasteiger partial charge in [0, 0.05) is 0 Å². The molecule has 140 valence electrons. The smallest absolute Gasteiger partial charge is 0.131 e. The highest BCUT2D eigenvalue weighted by Gasteiger charge is 2.44. The zero-order valence-corrected chi connectivity index (χ0v) is 15.9. The maximum atomic E-state index is 14.3. The molecule has 0 radical (unpaired) electrons. The summed E-state index contributed by atoms with van der Waals surface area (Å²) in [6, 6.07) is 0. The fraction of sp³-hybridized carbons (Fsp3) is 0.652. The third-order valence-corrected chi connectivity index (χ3v) is 5.88. The van der Waals surface area contributed by atoms with E-state index in [1.807, 2.05) is 6.08 Å². The lowest BCUT2D eigenvalue weighted by molar-refractivity contribution is 0.120. The van der Waals surface area contributed by atoms with Crippen LogP contribution in [-0.2, 0) is 0 Å². The normalized spacial score (nSPS) is 28.8. The van der Waals surface area contributed by atoms with Gasteiger partial charge >= 0.3 is 0 Å². The van der Waals surface area contributed by atoms with E-state index in [1.54, 1.807) is 6.92 Å². The lowest BCUT2D eigenvalue weighted by Crippen LogP contribution is -2.37. The molecule has 0 aromatic carbocycles. The van der Waals surface area contributed by atoms with Crippen LogP contribution in [0.1, 0.15) is 78.1 Å². The molecule has 25 heavy (non-hydrogen) atoms. The average molecular weight is 349 g/mol. The molecule has 2 aliphatic rings. The second-order valence-corrected chi connectivity index (χ2v) is 7.79. The first-order chi connectivity index (χ1) is 12.1. The third kappa shape index (κ3) is 5.39. The van der Waals surface area contributed by atoms with Crippen LogP contribution in [-0.4, -0.2) is 6.17 Å². The van der Waals surface area contributed by atoms with Gasteiger partial charge in [-0.25, -0.2) is 8.78 Å². The van der Waals surface area contributed by atoms with E-state index in [1.165, 1.54) is 75.2 Å². The van der Waals surface area contributed by atoms with Gasteiger partial charge in [-0.3, -0.25) is 0 Å². The first-order valence-corrected chi connectivity index (χ1v) is 10.1. The van der Waals surface area contributed by atoms with E-state index in [0.717, 1.165) is 12.8 Å². The van der Waals surface area contributed by atoms with Crippen molar-refractivity contribution < 1.29 is 8.78 Å². The Hall–Kier alpha value is -1.18. The topological polar surface area (TPSA) is 0 Å². The van der Waals surface area contributed by atoms with Crippen LogP contribution in [0.4, 0.5) is 8.78 Å². The highest BCUT2D eigenvalue weighted by molar-refractivity contribution is 5.32. The molecule has 0 saturated heterocycles. The molecule has 2 rings (SSSR count).